The highest BCUT2D eigenvalue weighted by Gasteiger charge is 2.22. The van der Waals surface area contributed by atoms with Gasteiger partial charge in [-0.3, -0.25) is 0 Å². The van der Waals surface area contributed by atoms with Crippen molar-refractivity contribution in [3.05, 3.63) is 81.8 Å². The van der Waals surface area contributed by atoms with Crippen LogP contribution in [0.1, 0.15) is 39.3 Å². The van der Waals surface area contributed by atoms with Gasteiger partial charge in [0.2, 0.25) is 0 Å². The first-order valence-corrected chi connectivity index (χ1v) is 8.76. The van der Waals surface area contributed by atoms with E-state index in [2.05, 4.69) is 56.3 Å². The average Bonchev–Trinajstić information content (AvgIpc) is 3.22. The lowest BCUT2D eigenvalue weighted by Crippen LogP contribution is -1.97. The van der Waals surface area contributed by atoms with Gasteiger partial charge < -0.3 is 10.2 Å². The van der Waals surface area contributed by atoms with Crippen molar-refractivity contribution in [3.63, 3.8) is 0 Å². The predicted molar refractivity (Wildman–Crippen MR) is 104 cm³/mol. The number of allylic oxidation sites excluding steroid dienone is 1. The maximum Gasteiger partial charge on any atom is 0.130 e. The summed E-state index contributed by atoms with van der Waals surface area (Å²) in [6.07, 6.45) is 3.23. The van der Waals surface area contributed by atoms with Crippen molar-refractivity contribution >= 4 is 11.6 Å². The maximum atomic E-state index is 5.85. The standard InChI is InChI=1S/C23H23NO/c1-14-10-19-11-20(22-9-4-15(2)25-22)12-21(19)23(16(14)3)18-7-5-17(13-24)6-8-18/h4-10,12H,11,13,24H2,1-3H3. The van der Waals surface area contributed by atoms with Crippen molar-refractivity contribution in [1.29, 1.82) is 0 Å². The molecule has 2 heteroatoms. The summed E-state index contributed by atoms with van der Waals surface area (Å²) in [7, 11) is 0. The van der Waals surface area contributed by atoms with Crippen LogP contribution in [0.2, 0.25) is 0 Å². The first kappa shape index (κ1) is 15.9. The third kappa shape index (κ3) is 2.73. The lowest BCUT2D eigenvalue weighted by molar-refractivity contribution is 0.521. The van der Waals surface area contributed by atoms with Crippen LogP contribution in [0.4, 0.5) is 0 Å². The molecule has 1 aromatic heterocycles. The number of nitrogens with two attached hydrogens (primary N) is 1. The SMILES string of the molecule is Cc1ccc(C2=Cc3c(cc(C)c(C)c3-c3ccc(CN)cc3)C2)o1. The Labute approximate surface area is 149 Å². The summed E-state index contributed by atoms with van der Waals surface area (Å²) >= 11 is 0. The fourth-order valence-electron chi connectivity index (χ4n) is 3.69. The number of benzene rings is 2. The van der Waals surface area contributed by atoms with Gasteiger partial charge in [-0.05, 0) is 83.5 Å². The molecule has 0 amide bonds. The highest BCUT2D eigenvalue weighted by molar-refractivity contribution is 5.94. The van der Waals surface area contributed by atoms with Crippen molar-refractivity contribution in [3.8, 4) is 11.1 Å². The molecule has 2 aromatic carbocycles. The van der Waals surface area contributed by atoms with Crippen molar-refractivity contribution in [2.24, 2.45) is 5.73 Å². The number of furan rings is 1. The third-order valence-electron chi connectivity index (χ3n) is 5.21. The van der Waals surface area contributed by atoms with E-state index < -0.39 is 0 Å². The highest BCUT2D eigenvalue weighted by Crippen LogP contribution is 2.41. The Hall–Kier alpha value is -2.58. The molecule has 0 fully saturated rings. The quantitative estimate of drug-likeness (QED) is 0.696. The zero-order chi connectivity index (χ0) is 17.6. The van der Waals surface area contributed by atoms with Crippen LogP contribution in [-0.4, -0.2) is 0 Å². The molecule has 126 valence electrons. The Morgan fingerprint density at radius 1 is 1.00 bits per heavy atom. The molecule has 4 rings (SSSR count). The summed E-state index contributed by atoms with van der Waals surface area (Å²) in [5.74, 6) is 1.94. The van der Waals surface area contributed by atoms with Crippen LogP contribution in [0, 0.1) is 20.8 Å². The zero-order valence-corrected chi connectivity index (χ0v) is 15.0. The number of fused-ring (bicyclic) bond motifs is 1. The van der Waals surface area contributed by atoms with Crippen LogP contribution in [-0.2, 0) is 13.0 Å². The summed E-state index contributed by atoms with van der Waals surface area (Å²) in [6, 6.07) is 15.0. The minimum atomic E-state index is 0.576. The Morgan fingerprint density at radius 2 is 1.76 bits per heavy atom. The Morgan fingerprint density at radius 3 is 2.40 bits per heavy atom. The third-order valence-corrected chi connectivity index (χ3v) is 5.21. The van der Waals surface area contributed by atoms with E-state index in [1.165, 1.54) is 39.0 Å². The van der Waals surface area contributed by atoms with Crippen LogP contribution < -0.4 is 5.73 Å². The van der Waals surface area contributed by atoms with E-state index in [0.717, 1.165) is 23.5 Å². The molecule has 2 N–H and O–H groups in total. The molecule has 1 aliphatic carbocycles. The minimum absolute atomic E-state index is 0.576. The van der Waals surface area contributed by atoms with Gasteiger partial charge in [-0.15, -0.1) is 0 Å². The van der Waals surface area contributed by atoms with Crippen LogP contribution in [0.3, 0.4) is 0 Å². The van der Waals surface area contributed by atoms with E-state index in [1.807, 2.05) is 13.0 Å². The van der Waals surface area contributed by atoms with Crippen molar-refractivity contribution in [1.82, 2.24) is 0 Å². The fraction of sp³-hybridized carbons (Fsp3) is 0.217. The molecule has 0 atom stereocenters. The molecule has 0 saturated heterocycles. The van der Waals surface area contributed by atoms with Crippen LogP contribution in [0.15, 0.2) is 46.9 Å². The second-order valence-corrected chi connectivity index (χ2v) is 6.92. The van der Waals surface area contributed by atoms with Gasteiger partial charge in [-0.25, -0.2) is 0 Å². The van der Waals surface area contributed by atoms with Gasteiger partial charge in [0.25, 0.3) is 0 Å². The van der Waals surface area contributed by atoms with E-state index >= 15 is 0 Å². The predicted octanol–water partition coefficient (Wildman–Crippen LogP) is 5.43. The Balaban J connectivity index is 1.86. The summed E-state index contributed by atoms with van der Waals surface area (Å²) in [5.41, 5.74) is 16.1. The monoisotopic (exact) mass is 329 g/mol. The first-order valence-electron chi connectivity index (χ1n) is 8.76. The molecule has 3 aromatic rings. The second kappa shape index (κ2) is 6.05. The molecule has 0 aliphatic heterocycles. The zero-order valence-electron chi connectivity index (χ0n) is 15.0. The molecule has 0 unspecified atom stereocenters. The summed E-state index contributed by atoms with van der Waals surface area (Å²) < 4.78 is 5.85. The number of hydrogen-bond acceptors (Lipinski definition) is 2. The summed E-state index contributed by atoms with van der Waals surface area (Å²) in [6.45, 7) is 6.98. The normalized spacial score (nSPS) is 13.0. The lowest BCUT2D eigenvalue weighted by atomic mass is 9.89. The maximum absolute atomic E-state index is 5.85. The average molecular weight is 329 g/mol. The highest BCUT2D eigenvalue weighted by atomic mass is 16.3. The van der Waals surface area contributed by atoms with Crippen molar-refractivity contribution in [2.75, 3.05) is 0 Å². The largest absolute Gasteiger partial charge is 0.462 e. The molecule has 0 radical (unpaired) electrons. The lowest BCUT2D eigenvalue weighted by Gasteiger charge is -2.15. The van der Waals surface area contributed by atoms with Gasteiger partial charge in [-0.1, -0.05) is 30.3 Å². The van der Waals surface area contributed by atoms with Gasteiger partial charge in [-0.2, -0.15) is 0 Å². The van der Waals surface area contributed by atoms with E-state index in [1.54, 1.807) is 0 Å². The van der Waals surface area contributed by atoms with Crippen molar-refractivity contribution < 1.29 is 4.42 Å². The Bertz CT molecular complexity index is 974. The second-order valence-electron chi connectivity index (χ2n) is 6.92. The van der Waals surface area contributed by atoms with Gasteiger partial charge in [0, 0.05) is 13.0 Å². The number of aryl methyl sites for hydroxylation is 2. The van der Waals surface area contributed by atoms with Crippen LogP contribution in [0.25, 0.3) is 22.8 Å². The molecule has 1 aliphatic rings. The smallest absolute Gasteiger partial charge is 0.130 e. The molecular formula is C23H23NO. The van der Waals surface area contributed by atoms with Gasteiger partial charge in [0.1, 0.15) is 11.5 Å². The number of rotatable bonds is 3. The van der Waals surface area contributed by atoms with Crippen LogP contribution >= 0.6 is 0 Å². The van der Waals surface area contributed by atoms with Crippen molar-refractivity contribution in [2.45, 2.75) is 33.7 Å². The van der Waals surface area contributed by atoms with E-state index in [0.29, 0.717) is 6.54 Å². The fourth-order valence-corrected chi connectivity index (χ4v) is 3.69. The summed E-state index contributed by atoms with van der Waals surface area (Å²) in [4.78, 5) is 0. The van der Waals surface area contributed by atoms with Crippen LogP contribution in [0.5, 0.6) is 0 Å². The molecule has 0 saturated carbocycles. The molecular weight excluding hydrogens is 306 g/mol. The molecule has 1 heterocycles. The number of hydrogen-bond donors (Lipinski definition) is 1. The van der Waals surface area contributed by atoms with Gasteiger partial charge in [0.15, 0.2) is 0 Å². The Kier molecular flexibility index (Phi) is 3.85. The molecule has 2 nitrogen and oxygen atoms in total. The molecule has 25 heavy (non-hydrogen) atoms. The molecule has 0 bridgehead atoms. The van der Waals surface area contributed by atoms with Gasteiger partial charge in [0.05, 0.1) is 0 Å². The van der Waals surface area contributed by atoms with E-state index in [9.17, 15) is 0 Å². The topological polar surface area (TPSA) is 39.2 Å². The summed E-state index contributed by atoms with van der Waals surface area (Å²) in [5, 5.41) is 0. The van der Waals surface area contributed by atoms with E-state index in [4.69, 9.17) is 10.2 Å². The minimum Gasteiger partial charge on any atom is -0.462 e. The molecule has 0 spiro atoms. The van der Waals surface area contributed by atoms with E-state index in [-0.39, 0.29) is 0 Å². The first-order chi connectivity index (χ1) is 12.1. The van der Waals surface area contributed by atoms with Gasteiger partial charge >= 0.3 is 0 Å².